The lowest BCUT2D eigenvalue weighted by Crippen LogP contribution is -2.38. The molecule has 0 amide bonds. The average molecular weight is 411 g/mol. The molecular weight excluding hydrogens is 387 g/mol. The number of hydrogen-bond donors (Lipinski definition) is 1. The third-order valence-electron chi connectivity index (χ3n) is 3.91. The summed E-state index contributed by atoms with van der Waals surface area (Å²) in [5.74, 6) is 0.524. The van der Waals surface area contributed by atoms with E-state index in [-0.39, 0.29) is 12.4 Å². The van der Waals surface area contributed by atoms with Crippen LogP contribution in [0.2, 0.25) is 0 Å². The standard InChI is InChI=1S/C18H24BrFN4O/c1-21-18(24(3)11-16-8-15(19)10-23(16)2)22-9-13-5-6-17(20)14(7-13)12-25-4/h5-8,10H,9,11-12H2,1-4H3,(H,21,22). The number of aliphatic imine (C=N–C) groups is 1. The highest BCUT2D eigenvalue weighted by molar-refractivity contribution is 9.10. The van der Waals surface area contributed by atoms with Crippen molar-refractivity contribution in [3.8, 4) is 0 Å². The van der Waals surface area contributed by atoms with Gasteiger partial charge in [0, 0.05) is 56.7 Å². The summed E-state index contributed by atoms with van der Waals surface area (Å²) < 4.78 is 21.9. The zero-order valence-electron chi connectivity index (χ0n) is 15.0. The summed E-state index contributed by atoms with van der Waals surface area (Å²) in [6.07, 6.45) is 2.02. The van der Waals surface area contributed by atoms with E-state index in [0.29, 0.717) is 12.1 Å². The van der Waals surface area contributed by atoms with E-state index in [1.54, 1.807) is 20.2 Å². The molecule has 2 aromatic rings. The molecule has 0 radical (unpaired) electrons. The number of halogens is 2. The molecule has 25 heavy (non-hydrogen) atoms. The van der Waals surface area contributed by atoms with Crippen LogP contribution in [0.15, 0.2) is 39.9 Å². The van der Waals surface area contributed by atoms with Crippen LogP contribution in [-0.4, -0.2) is 36.6 Å². The number of nitrogens with one attached hydrogen (secondary N) is 1. The Morgan fingerprint density at radius 1 is 1.40 bits per heavy atom. The fraction of sp³-hybridized carbons (Fsp3) is 0.389. The molecule has 0 spiro atoms. The molecule has 0 bridgehead atoms. The molecule has 0 aliphatic rings. The van der Waals surface area contributed by atoms with Gasteiger partial charge in [0.15, 0.2) is 5.96 Å². The fourth-order valence-corrected chi connectivity index (χ4v) is 3.18. The van der Waals surface area contributed by atoms with Gasteiger partial charge in [0.05, 0.1) is 13.2 Å². The van der Waals surface area contributed by atoms with Crippen molar-refractivity contribution in [3.63, 3.8) is 0 Å². The summed E-state index contributed by atoms with van der Waals surface area (Å²) in [6.45, 7) is 1.54. The minimum atomic E-state index is -0.249. The number of ether oxygens (including phenoxy) is 1. The van der Waals surface area contributed by atoms with Crippen LogP contribution in [-0.2, 0) is 31.5 Å². The Hall–Kier alpha value is -1.86. The zero-order chi connectivity index (χ0) is 18.4. The highest BCUT2D eigenvalue weighted by Crippen LogP contribution is 2.15. The highest BCUT2D eigenvalue weighted by Gasteiger charge is 2.10. The predicted molar refractivity (Wildman–Crippen MR) is 102 cm³/mol. The first kappa shape index (κ1) is 19.5. The number of aromatic nitrogens is 1. The molecule has 0 fully saturated rings. The Morgan fingerprint density at radius 2 is 2.16 bits per heavy atom. The molecule has 0 saturated heterocycles. The lowest BCUT2D eigenvalue weighted by Gasteiger charge is -2.22. The second-order valence-corrected chi connectivity index (χ2v) is 6.79. The van der Waals surface area contributed by atoms with Crippen LogP contribution in [0.5, 0.6) is 0 Å². The zero-order valence-corrected chi connectivity index (χ0v) is 16.6. The number of guanidine groups is 1. The maximum Gasteiger partial charge on any atom is 0.194 e. The van der Waals surface area contributed by atoms with Crippen LogP contribution >= 0.6 is 15.9 Å². The van der Waals surface area contributed by atoms with Crippen LogP contribution in [0, 0.1) is 5.82 Å². The fourth-order valence-electron chi connectivity index (χ4n) is 2.61. The molecule has 7 heteroatoms. The number of benzene rings is 1. The van der Waals surface area contributed by atoms with Gasteiger partial charge in [-0.25, -0.2) is 4.39 Å². The van der Waals surface area contributed by atoms with Crippen LogP contribution in [0.3, 0.4) is 0 Å². The number of methoxy groups -OCH3 is 1. The molecule has 0 atom stereocenters. The summed E-state index contributed by atoms with van der Waals surface area (Å²) in [7, 11) is 7.31. The van der Waals surface area contributed by atoms with Crippen molar-refractivity contribution < 1.29 is 9.13 Å². The smallest absolute Gasteiger partial charge is 0.194 e. The molecule has 0 aliphatic carbocycles. The van der Waals surface area contributed by atoms with E-state index in [1.807, 2.05) is 31.3 Å². The first-order chi connectivity index (χ1) is 11.9. The normalized spacial score (nSPS) is 11.7. The van der Waals surface area contributed by atoms with Crippen molar-refractivity contribution in [2.75, 3.05) is 21.2 Å². The molecule has 1 heterocycles. The van der Waals surface area contributed by atoms with Gasteiger partial charge in [0.2, 0.25) is 0 Å². The Labute approximate surface area is 156 Å². The first-order valence-corrected chi connectivity index (χ1v) is 8.72. The average Bonchev–Trinajstić information content (AvgIpc) is 2.88. The van der Waals surface area contributed by atoms with Crippen molar-refractivity contribution in [2.24, 2.45) is 12.0 Å². The SMILES string of the molecule is CN=C(NCc1ccc(F)c(COC)c1)N(C)Cc1cc(Br)cn1C. The third-order valence-corrected chi connectivity index (χ3v) is 4.34. The molecule has 2 rings (SSSR count). The van der Waals surface area contributed by atoms with Crippen molar-refractivity contribution in [1.82, 2.24) is 14.8 Å². The van der Waals surface area contributed by atoms with Crippen LogP contribution < -0.4 is 5.32 Å². The van der Waals surface area contributed by atoms with Crippen molar-refractivity contribution >= 4 is 21.9 Å². The Bertz CT molecular complexity index is 745. The molecule has 0 saturated carbocycles. The third kappa shape index (κ3) is 5.31. The minimum absolute atomic E-state index is 0.249. The number of hydrogen-bond acceptors (Lipinski definition) is 2. The Balaban J connectivity index is 2.00. The van der Waals surface area contributed by atoms with Crippen LogP contribution in [0.1, 0.15) is 16.8 Å². The van der Waals surface area contributed by atoms with E-state index < -0.39 is 0 Å². The lowest BCUT2D eigenvalue weighted by molar-refractivity contribution is 0.181. The van der Waals surface area contributed by atoms with Gasteiger partial charge in [-0.2, -0.15) is 0 Å². The number of rotatable bonds is 6. The highest BCUT2D eigenvalue weighted by atomic mass is 79.9. The summed E-state index contributed by atoms with van der Waals surface area (Å²) in [5, 5.41) is 3.31. The van der Waals surface area contributed by atoms with E-state index in [9.17, 15) is 4.39 Å². The number of aryl methyl sites for hydroxylation is 1. The summed E-state index contributed by atoms with van der Waals surface area (Å²) in [5.41, 5.74) is 2.70. The maximum atomic E-state index is 13.7. The van der Waals surface area contributed by atoms with E-state index in [1.165, 1.54) is 11.8 Å². The molecule has 136 valence electrons. The van der Waals surface area contributed by atoms with E-state index in [4.69, 9.17) is 4.74 Å². The topological polar surface area (TPSA) is 41.8 Å². The minimum Gasteiger partial charge on any atom is -0.380 e. The van der Waals surface area contributed by atoms with Gasteiger partial charge < -0.3 is 19.5 Å². The first-order valence-electron chi connectivity index (χ1n) is 7.93. The van der Waals surface area contributed by atoms with Gasteiger partial charge in [-0.05, 0) is 39.7 Å². The summed E-state index contributed by atoms with van der Waals surface area (Å²) >= 11 is 3.49. The number of nitrogens with zero attached hydrogens (tertiary/aromatic N) is 3. The lowest BCUT2D eigenvalue weighted by atomic mass is 10.1. The van der Waals surface area contributed by atoms with E-state index in [2.05, 4.69) is 36.9 Å². The van der Waals surface area contributed by atoms with Crippen molar-refractivity contribution in [1.29, 1.82) is 0 Å². The van der Waals surface area contributed by atoms with E-state index >= 15 is 0 Å². The molecule has 1 aromatic heterocycles. The predicted octanol–water partition coefficient (Wildman–Crippen LogP) is 3.28. The van der Waals surface area contributed by atoms with Gasteiger partial charge in [0.1, 0.15) is 5.82 Å². The van der Waals surface area contributed by atoms with E-state index in [0.717, 1.165) is 22.5 Å². The quantitative estimate of drug-likeness (QED) is 0.586. The van der Waals surface area contributed by atoms with Gasteiger partial charge in [0.25, 0.3) is 0 Å². The molecule has 1 N–H and O–H groups in total. The summed E-state index contributed by atoms with van der Waals surface area (Å²) in [4.78, 5) is 6.37. The maximum absolute atomic E-state index is 13.7. The largest absolute Gasteiger partial charge is 0.380 e. The van der Waals surface area contributed by atoms with Crippen molar-refractivity contribution in [3.05, 3.63) is 57.6 Å². The van der Waals surface area contributed by atoms with Gasteiger partial charge in [-0.3, -0.25) is 4.99 Å². The van der Waals surface area contributed by atoms with Gasteiger partial charge >= 0.3 is 0 Å². The van der Waals surface area contributed by atoms with Crippen LogP contribution in [0.25, 0.3) is 0 Å². The summed E-state index contributed by atoms with van der Waals surface area (Å²) in [6, 6.07) is 7.14. The molecular formula is C18H24BrFN4O. The second-order valence-electron chi connectivity index (χ2n) is 5.88. The van der Waals surface area contributed by atoms with Gasteiger partial charge in [-0.15, -0.1) is 0 Å². The van der Waals surface area contributed by atoms with Crippen LogP contribution in [0.4, 0.5) is 4.39 Å². The molecule has 0 unspecified atom stereocenters. The Kier molecular flexibility index (Phi) is 7.01. The molecule has 5 nitrogen and oxygen atoms in total. The second kappa shape index (κ2) is 9.01. The molecule has 1 aromatic carbocycles. The molecule has 0 aliphatic heterocycles. The van der Waals surface area contributed by atoms with Crippen molar-refractivity contribution in [2.45, 2.75) is 19.7 Å². The van der Waals surface area contributed by atoms with Gasteiger partial charge in [-0.1, -0.05) is 6.07 Å². The monoisotopic (exact) mass is 410 g/mol. The Morgan fingerprint density at radius 3 is 2.76 bits per heavy atom.